The molecule has 0 unspecified atom stereocenters. The lowest BCUT2D eigenvalue weighted by Crippen LogP contribution is -2.39. The Bertz CT molecular complexity index is 1120. The van der Waals surface area contributed by atoms with Gasteiger partial charge in [-0.05, 0) is 74.3 Å². The number of aryl methyl sites for hydroxylation is 2. The van der Waals surface area contributed by atoms with E-state index in [2.05, 4.69) is 44.7 Å². The zero-order chi connectivity index (χ0) is 21.8. The van der Waals surface area contributed by atoms with E-state index < -0.39 is 0 Å². The van der Waals surface area contributed by atoms with Crippen molar-refractivity contribution in [3.63, 3.8) is 0 Å². The Labute approximate surface area is 191 Å². The van der Waals surface area contributed by atoms with Gasteiger partial charge in [-0.1, -0.05) is 23.5 Å². The second-order valence-corrected chi connectivity index (χ2v) is 9.53. The average molecular weight is 455 g/mol. The summed E-state index contributed by atoms with van der Waals surface area (Å²) in [5, 5.41) is 11.7. The van der Waals surface area contributed by atoms with E-state index in [1.165, 1.54) is 16.9 Å². The number of hydrogen-bond acceptors (Lipinski definition) is 7. The minimum absolute atomic E-state index is 0.000478. The van der Waals surface area contributed by atoms with Crippen molar-refractivity contribution in [3.8, 4) is 0 Å². The first-order valence-corrected chi connectivity index (χ1v) is 11.6. The van der Waals surface area contributed by atoms with E-state index in [0.29, 0.717) is 12.5 Å². The monoisotopic (exact) mass is 454 g/mol. The minimum atomic E-state index is 0.000478. The molecule has 0 radical (unpaired) electrons. The van der Waals surface area contributed by atoms with Gasteiger partial charge in [0, 0.05) is 30.9 Å². The molecule has 0 spiro atoms. The molecule has 1 aromatic carbocycles. The van der Waals surface area contributed by atoms with E-state index in [4.69, 9.17) is 12.2 Å². The van der Waals surface area contributed by atoms with Gasteiger partial charge in [0.15, 0.2) is 3.95 Å². The fourth-order valence-electron chi connectivity index (χ4n) is 3.65. The standard InChI is InChI=1S/C22H26N6OS2/c1-15-4-3-5-18(12-15)24-21-26-28(22(30)31-21)14-27-10-7-17(8-11-27)20(29)25-19-13-16(2)6-9-23-19/h3-6,9,12-13,17H,7-8,10-11,14H2,1-2H3,(H,24,26)(H,23,25,29). The Kier molecular flexibility index (Phi) is 6.74. The molecule has 162 valence electrons. The van der Waals surface area contributed by atoms with Crippen LogP contribution in [0.1, 0.15) is 24.0 Å². The molecule has 1 saturated heterocycles. The van der Waals surface area contributed by atoms with Gasteiger partial charge >= 0.3 is 0 Å². The molecule has 0 atom stereocenters. The van der Waals surface area contributed by atoms with Crippen LogP contribution in [0.15, 0.2) is 42.6 Å². The topological polar surface area (TPSA) is 75.1 Å². The number of carbonyl (C=O) groups excluding carboxylic acids is 1. The normalized spacial score (nSPS) is 15.0. The van der Waals surface area contributed by atoms with Crippen molar-refractivity contribution >= 4 is 46.1 Å². The molecule has 1 amide bonds. The predicted molar refractivity (Wildman–Crippen MR) is 127 cm³/mol. The maximum Gasteiger partial charge on any atom is 0.228 e. The number of nitrogens with one attached hydrogen (secondary N) is 2. The Morgan fingerprint density at radius 2 is 1.97 bits per heavy atom. The summed E-state index contributed by atoms with van der Waals surface area (Å²) in [6.45, 7) is 6.35. The summed E-state index contributed by atoms with van der Waals surface area (Å²) in [4.78, 5) is 19.1. The number of benzene rings is 1. The Morgan fingerprint density at radius 3 is 2.71 bits per heavy atom. The second kappa shape index (κ2) is 9.67. The van der Waals surface area contributed by atoms with Gasteiger partial charge < -0.3 is 10.6 Å². The third-order valence-corrected chi connectivity index (χ3v) is 6.56. The van der Waals surface area contributed by atoms with Gasteiger partial charge in [-0.25, -0.2) is 9.67 Å². The van der Waals surface area contributed by atoms with Gasteiger partial charge in [0.2, 0.25) is 11.0 Å². The smallest absolute Gasteiger partial charge is 0.228 e. The molecule has 0 bridgehead atoms. The summed E-state index contributed by atoms with van der Waals surface area (Å²) in [5.41, 5.74) is 3.28. The molecule has 1 aliphatic heterocycles. The molecule has 0 aliphatic carbocycles. The van der Waals surface area contributed by atoms with Gasteiger partial charge in [-0.2, -0.15) is 0 Å². The van der Waals surface area contributed by atoms with Crippen molar-refractivity contribution in [2.45, 2.75) is 33.4 Å². The van der Waals surface area contributed by atoms with Crippen molar-refractivity contribution in [3.05, 3.63) is 57.7 Å². The van der Waals surface area contributed by atoms with E-state index in [1.54, 1.807) is 6.20 Å². The highest BCUT2D eigenvalue weighted by Gasteiger charge is 2.25. The molecule has 4 rings (SSSR count). The molecule has 7 nitrogen and oxygen atoms in total. The highest BCUT2D eigenvalue weighted by molar-refractivity contribution is 7.73. The molecule has 2 aromatic heterocycles. The number of piperidine rings is 1. The number of pyridine rings is 1. The molecule has 0 saturated carbocycles. The highest BCUT2D eigenvalue weighted by atomic mass is 32.1. The number of nitrogens with zero attached hydrogens (tertiary/aromatic N) is 4. The number of aromatic nitrogens is 3. The van der Waals surface area contributed by atoms with Crippen LogP contribution >= 0.6 is 23.6 Å². The van der Waals surface area contributed by atoms with Crippen molar-refractivity contribution in [1.29, 1.82) is 0 Å². The van der Waals surface area contributed by atoms with Crippen molar-refractivity contribution in [2.75, 3.05) is 23.7 Å². The predicted octanol–water partition coefficient (Wildman–Crippen LogP) is 4.74. The van der Waals surface area contributed by atoms with Crippen LogP contribution in [0.4, 0.5) is 16.6 Å². The zero-order valence-electron chi connectivity index (χ0n) is 17.7. The molecule has 1 aliphatic rings. The van der Waals surface area contributed by atoms with E-state index in [1.807, 2.05) is 35.9 Å². The van der Waals surface area contributed by atoms with Crippen LogP contribution in [0, 0.1) is 23.7 Å². The molecular weight excluding hydrogens is 428 g/mol. The van der Waals surface area contributed by atoms with E-state index >= 15 is 0 Å². The van der Waals surface area contributed by atoms with Crippen LogP contribution in [-0.2, 0) is 11.5 Å². The van der Waals surface area contributed by atoms with E-state index in [0.717, 1.165) is 46.3 Å². The van der Waals surface area contributed by atoms with Crippen molar-refractivity contribution < 1.29 is 4.79 Å². The molecule has 1 fully saturated rings. The van der Waals surface area contributed by atoms with Crippen LogP contribution in [-0.4, -0.2) is 38.7 Å². The molecule has 3 aromatic rings. The summed E-state index contributed by atoms with van der Waals surface area (Å²) in [6.07, 6.45) is 3.33. The van der Waals surface area contributed by atoms with Crippen molar-refractivity contribution in [1.82, 2.24) is 19.7 Å². The molecule has 3 heterocycles. The molecule has 31 heavy (non-hydrogen) atoms. The zero-order valence-corrected chi connectivity index (χ0v) is 19.3. The van der Waals surface area contributed by atoms with Gasteiger partial charge in [0.25, 0.3) is 0 Å². The first-order chi connectivity index (χ1) is 15.0. The number of carbonyl (C=O) groups is 1. The summed E-state index contributed by atoms with van der Waals surface area (Å²) in [5.74, 6) is 0.669. The summed E-state index contributed by atoms with van der Waals surface area (Å²) >= 11 is 6.98. The lowest BCUT2D eigenvalue weighted by molar-refractivity contribution is -0.121. The number of hydrogen-bond donors (Lipinski definition) is 2. The van der Waals surface area contributed by atoms with Gasteiger partial charge in [0.1, 0.15) is 5.82 Å². The maximum absolute atomic E-state index is 12.6. The lowest BCUT2D eigenvalue weighted by Gasteiger charge is -2.30. The first kappa shape index (κ1) is 21.6. The Morgan fingerprint density at radius 1 is 1.19 bits per heavy atom. The minimum Gasteiger partial charge on any atom is -0.330 e. The SMILES string of the molecule is Cc1cccc(Nc2nn(CN3CCC(C(=O)Nc4cc(C)ccn4)CC3)c(=S)s2)c1. The third-order valence-electron chi connectivity index (χ3n) is 5.33. The fourth-order valence-corrected chi connectivity index (χ4v) is 4.66. The number of amides is 1. The molecule has 9 heteroatoms. The molecule has 2 N–H and O–H groups in total. The number of anilines is 3. The summed E-state index contributed by atoms with van der Waals surface area (Å²) in [7, 11) is 0. The third kappa shape index (κ3) is 5.75. The quantitative estimate of drug-likeness (QED) is 0.524. The molecular formula is C22H26N6OS2. The van der Waals surface area contributed by atoms with Crippen LogP contribution in [0.2, 0.25) is 0 Å². The summed E-state index contributed by atoms with van der Waals surface area (Å²) < 4.78 is 2.59. The average Bonchev–Trinajstić information content (AvgIpc) is 3.07. The van der Waals surface area contributed by atoms with Crippen LogP contribution in [0.3, 0.4) is 0 Å². The van der Waals surface area contributed by atoms with Crippen LogP contribution in [0.25, 0.3) is 0 Å². The fraction of sp³-hybridized carbons (Fsp3) is 0.364. The van der Waals surface area contributed by atoms with Gasteiger partial charge in [-0.3, -0.25) is 9.69 Å². The van der Waals surface area contributed by atoms with Crippen molar-refractivity contribution in [2.24, 2.45) is 5.92 Å². The second-order valence-electron chi connectivity index (χ2n) is 7.91. The Balaban J connectivity index is 1.30. The first-order valence-electron chi connectivity index (χ1n) is 10.3. The maximum atomic E-state index is 12.6. The lowest BCUT2D eigenvalue weighted by atomic mass is 9.96. The summed E-state index contributed by atoms with van der Waals surface area (Å²) in [6, 6.07) is 12.0. The highest BCUT2D eigenvalue weighted by Crippen LogP contribution is 2.23. The van der Waals surface area contributed by atoms with Gasteiger partial charge in [-0.15, -0.1) is 5.10 Å². The van der Waals surface area contributed by atoms with Gasteiger partial charge in [0.05, 0.1) is 6.67 Å². The van der Waals surface area contributed by atoms with Crippen LogP contribution in [0.5, 0.6) is 0 Å². The number of likely N-dealkylation sites (tertiary alicyclic amines) is 1. The number of rotatable bonds is 6. The Hall–Kier alpha value is -2.62. The largest absolute Gasteiger partial charge is 0.330 e. The van der Waals surface area contributed by atoms with E-state index in [9.17, 15) is 4.79 Å². The van der Waals surface area contributed by atoms with Crippen LogP contribution < -0.4 is 10.6 Å². The van der Waals surface area contributed by atoms with E-state index in [-0.39, 0.29) is 11.8 Å².